The van der Waals surface area contributed by atoms with Crippen LogP contribution in [0.15, 0.2) is 18.2 Å². The fourth-order valence-corrected chi connectivity index (χ4v) is 2.62. The molecule has 2 amide bonds. The summed E-state index contributed by atoms with van der Waals surface area (Å²) >= 11 is 0. The molecule has 0 spiro atoms. The summed E-state index contributed by atoms with van der Waals surface area (Å²) in [6, 6.07) is 1.93. The lowest BCUT2D eigenvalue weighted by atomic mass is 9.96. The van der Waals surface area contributed by atoms with E-state index in [2.05, 4.69) is 10.6 Å². The molecule has 8 heteroatoms. The Morgan fingerprint density at radius 1 is 1.19 bits per heavy atom. The first-order valence-electron chi connectivity index (χ1n) is 8.48. The minimum Gasteiger partial charge on any atom is -0.391 e. The Labute approximate surface area is 151 Å². The van der Waals surface area contributed by atoms with Crippen molar-refractivity contribution in [3.05, 3.63) is 35.4 Å². The molecular weight excluding hydrogens is 346 g/mol. The van der Waals surface area contributed by atoms with E-state index in [4.69, 9.17) is 4.74 Å². The van der Waals surface area contributed by atoms with Crippen molar-refractivity contribution in [2.75, 3.05) is 13.2 Å². The number of carbonyl (C=O) groups is 2. The quantitative estimate of drug-likeness (QED) is 0.578. The molecule has 0 bridgehead atoms. The molecule has 0 heterocycles. The molecule has 0 aliphatic rings. The number of ether oxygens (including phenoxy) is 1. The van der Waals surface area contributed by atoms with Crippen LogP contribution in [0.2, 0.25) is 0 Å². The van der Waals surface area contributed by atoms with E-state index in [-0.39, 0.29) is 37.3 Å². The molecule has 3 unspecified atom stereocenters. The van der Waals surface area contributed by atoms with Crippen molar-refractivity contribution in [1.29, 1.82) is 0 Å². The Bertz CT molecular complexity index is 593. The number of benzene rings is 1. The van der Waals surface area contributed by atoms with Gasteiger partial charge in [-0.1, -0.05) is 0 Å². The van der Waals surface area contributed by atoms with E-state index in [9.17, 15) is 23.5 Å². The van der Waals surface area contributed by atoms with E-state index in [1.54, 1.807) is 13.8 Å². The molecule has 26 heavy (non-hydrogen) atoms. The van der Waals surface area contributed by atoms with Gasteiger partial charge in [-0.15, -0.1) is 0 Å². The topological polar surface area (TPSA) is 87.7 Å². The summed E-state index contributed by atoms with van der Waals surface area (Å²) < 4.78 is 31.7. The first-order valence-corrected chi connectivity index (χ1v) is 8.48. The number of amides is 2. The van der Waals surface area contributed by atoms with Crippen molar-refractivity contribution in [2.45, 2.75) is 51.8 Å². The summed E-state index contributed by atoms with van der Waals surface area (Å²) in [4.78, 5) is 23.0. The van der Waals surface area contributed by atoms with E-state index in [0.29, 0.717) is 12.2 Å². The first kappa shape index (κ1) is 22.0. The number of halogens is 2. The van der Waals surface area contributed by atoms with Crippen LogP contribution in [-0.4, -0.2) is 48.3 Å². The molecule has 1 aromatic rings. The second kappa shape index (κ2) is 10.8. The molecule has 0 aliphatic heterocycles. The Kier molecular flexibility index (Phi) is 9.15. The SMILES string of the molecule is CCOCC(=O)NC(C)CC(O)C(Cc1cc(F)cc(F)c1)NC(C)=O. The van der Waals surface area contributed by atoms with Gasteiger partial charge in [-0.2, -0.15) is 0 Å². The number of rotatable bonds is 10. The molecule has 0 radical (unpaired) electrons. The molecule has 0 fully saturated rings. The normalized spacial score (nSPS) is 14.4. The molecule has 3 atom stereocenters. The van der Waals surface area contributed by atoms with Crippen LogP contribution in [0.5, 0.6) is 0 Å². The Hall–Kier alpha value is -2.06. The third-order valence-corrected chi connectivity index (χ3v) is 3.67. The lowest BCUT2D eigenvalue weighted by Gasteiger charge is -2.26. The molecule has 6 nitrogen and oxygen atoms in total. The Balaban J connectivity index is 2.71. The first-order chi connectivity index (χ1) is 12.2. The largest absolute Gasteiger partial charge is 0.391 e. The maximum absolute atomic E-state index is 13.3. The van der Waals surface area contributed by atoms with Crippen LogP contribution in [0, 0.1) is 11.6 Å². The second-order valence-electron chi connectivity index (χ2n) is 6.20. The van der Waals surface area contributed by atoms with Crippen LogP contribution in [0.25, 0.3) is 0 Å². The monoisotopic (exact) mass is 372 g/mol. The number of carbonyl (C=O) groups excluding carboxylic acids is 2. The van der Waals surface area contributed by atoms with Crippen LogP contribution >= 0.6 is 0 Å². The average molecular weight is 372 g/mol. The third-order valence-electron chi connectivity index (χ3n) is 3.67. The highest BCUT2D eigenvalue weighted by molar-refractivity contribution is 5.77. The Morgan fingerprint density at radius 3 is 2.35 bits per heavy atom. The minimum absolute atomic E-state index is 0.0506. The predicted molar refractivity (Wildman–Crippen MR) is 92.4 cm³/mol. The summed E-state index contributed by atoms with van der Waals surface area (Å²) in [5.41, 5.74) is 0.313. The lowest BCUT2D eigenvalue weighted by Crippen LogP contribution is -2.47. The molecule has 3 N–H and O–H groups in total. The van der Waals surface area contributed by atoms with Crippen LogP contribution < -0.4 is 10.6 Å². The standard InChI is InChI=1S/C18H26F2N2O4/c1-4-26-10-18(25)21-11(2)5-17(24)16(22-12(3)23)8-13-6-14(19)9-15(20)7-13/h6-7,9,11,16-17,24H,4-5,8,10H2,1-3H3,(H,21,25)(H,22,23). The van der Waals surface area contributed by atoms with E-state index in [1.807, 2.05) is 0 Å². The van der Waals surface area contributed by atoms with Crippen LogP contribution in [-0.2, 0) is 20.7 Å². The molecular formula is C18H26F2N2O4. The number of aliphatic hydroxyl groups excluding tert-OH is 1. The van der Waals surface area contributed by atoms with Crippen molar-refractivity contribution in [3.8, 4) is 0 Å². The van der Waals surface area contributed by atoms with Crippen LogP contribution in [0.1, 0.15) is 32.8 Å². The van der Waals surface area contributed by atoms with E-state index < -0.39 is 23.8 Å². The molecule has 0 aliphatic carbocycles. The van der Waals surface area contributed by atoms with Gasteiger partial charge in [-0.3, -0.25) is 9.59 Å². The maximum atomic E-state index is 13.3. The molecule has 0 aromatic heterocycles. The van der Waals surface area contributed by atoms with E-state index in [0.717, 1.165) is 18.2 Å². The summed E-state index contributed by atoms with van der Waals surface area (Å²) in [7, 11) is 0. The van der Waals surface area contributed by atoms with Gasteiger partial charge in [0.2, 0.25) is 11.8 Å². The van der Waals surface area contributed by atoms with Crippen molar-refractivity contribution < 1.29 is 28.2 Å². The van der Waals surface area contributed by atoms with Gasteiger partial charge in [-0.25, -0.2) is 8.78 Å². The number of nitrogens with one attached hydrogen (secondary N) is 2. The minimum atomic E-state index is -1.02. The number of hydrogen-bond donors (Lipinski definition) is 3. The molecule has 146 valence electrons. The van der Waals surface area contributed by atoms with E-state index in [1.165, 1.54) is 6.92 Å². The van der Waals surface area contributed by atoms with E-state index >= 15 is 0 Å². The zero-order valence-corrected chi connectivity index (χ0v) is 15.2. The summed E-state index contributed by atoms with van der Waals surface area (Å²) in [5, 5.41) is 15.7. The highest BCUT2D eigenvalue weighted by Gasteiger charge is 2.24. The molecule has 1 aromatic carbocycles. The average Bonchev–Trinajstić information content (AvgIpc) is 2.50. The zero-order chi connectivity index (χ0) is 19.7. The third kappa shape index (κ3) is 8.35. The van der Waals surface area contributed by atoms with Crippen molar-refractivity contribution in [1.82, 2.24) is 10.6 Å². The predicted octanol–water partition coefficient (Wildman–Crippen LogP) is 1.30. The van der Waals surface area contributed by atoms with Gasteiger partial charge in [0.05, 0.1) is 12.1 Å². The molecule has 0 saturated carbocycles. The molecule has 0 saturated heterocycles. The van der Waals surface area contributed by atoms with Gasteiger partial charge in [0, 0.05) is 25.6 Å². The fraction of sp³-hybridized carbons (Fsp3) is 0.556. The number of aliphatic hydroxyl groups is 1. The van der Waals surface area contributed by atoms with Crippen LogP contribution in [0.4, 0.5) is 8.78 Å². The van der Waals surface area contributed by atoms with Gasteiger partial charge in [0.15, 0.2) is 0 Å². The highest BCUT2D eigenvalue weighted by atomic mass is 19.1. The maximum Gasteiger partial charge on any atom is 0.246 e. The number of hydrogen-bond acceptors (Lipinski definition) is 4. The lowest BCUT2D eigenvalue weighted by molar-refractivity contribution is -0.126. The van der Waals surface area contributed by atoms with Gasteiger partial charge in [0.25, 0.3) is 0 Å². The highest BCUT2D eigenvalue weighted by Crippen LogP contribution is 2.14. The van der Waals surface area contributed by atoms with Crippen molar-refractivity contribution in [2.24, 2.45) is 0 Å². The Morgan fingerprint density at radius 2 is 1.81 bits per heavy atom. The van der Waals surface area contributed by atoms with Crippen LogP contribution in [0.3, 0.4) is 0 Å². The van der Waals surface area contributed by atoms with Gasteiger partial charge in [0.1, 0.15) is 18.2 Å². The zero-order valence-electron chi connectivity index (χ0n) is 15.2. The van der Waals surface area contributed by atoms with Crippen molar-refractivity contribution >= 4 is 11.8 Å². The summed E-state index contributed by atoms with van der Waals surface area (Å²) in [5.74, 6) is -2.14. The smallest absolute Gasteiger partial charge is 0.246 e. The fourth-order valence-electron chi connectivity index (χ4n) is 2.62. The summed E-state index contributed by atoms with van der Waals surface area (Å²) in [6.07, 6.45) is -0.817. The van der Waals surface area contributed by atoms with Gasteiger partial charge < -0.3 is 20.5 Å². The van der Waals surface area contributed by atoms with Crippen molar-refractivity contribution in [3.63, 3.8) is 0 Å². The van der Waals surface area contributed by atoms with Gasteiger partial charge in [-0.05, 0) is 44.4 Å². The second-order valence-corrected chi connectivity index (χ2v) is 6.20. The summed E-state index contributed by atoms with van der Waals surface area (Å²) in [6.45, 7) is 5.11. The van der Waals surface area contributed by atoms with Gasteiger partial charge >= 0.3 is 0 Å². The molecule has 1 rings (SSSR count).